The van der Waals surface area contributed by atoms with Crippen molar-refractivity contribution in [2.45, 2.75) is 6.92 Å². The van der Waals surface area contributed by atoms with E-state index < -0.39 is 5.97 Å². The maximum absolute atomic E-state index is 12.2. The van der Waals surface area contributed by atoms with Crippen LogP contribution in [0.15, 0.2) is 63.7 Å². The van der Waals surface area contributed by atoms with Gasteiger partial charge in [0.2, 0.25) is 0 Å². The van der Waals surface area contributed by atoms with E-state index >= 15 is 0 Å². The van der Waals surface area contributed by atoms with Gasteiger partial charge in [0.15, 0.2) is 0 Å². The summed E-state index contributed by atoms with van der Waals surface area (Å²) in [7, 11) is 1.23. The number of aromatic hydroxyl groups is 1. The summed E-state index contributed by atoms with van der Waals surface area (Å²) in [6.45, 7) is 1.86. The zero-order chi connectivity index (χ0) is 19.6. The monoisotopic (exact) mass is 401 g/mol. The number of nitrogens with zero attached hydrogens (tertiary/aromatic N) is 1. The van der Waals surface area contributed by atoms with E-state index in [0.717, 1.165) is 17.3 Å². The number of methoxy groups -OCH3 is 1. The first-order valence-corrected chi connectivity index (χ1v) is 9.14. The van der Waals surface area contributed by atoms with Crippen LogP contribution in [0.3, 0.4) is 0 Å². The molecule has 7 heteroatoms. The molecule has 0 bridgehead atoms. The molecule has 0 unspecified atom stereocenters. The molecule has 0 fully saturated rings. The van der Waals surface area contributed by atoms with E-state index in [1.807, 2.05) is 13.0 Å². The Kier molecular flexibility index (Phi) is 5.58. The van der Waals surface area contributed by atoms with E-state index in [2.05, 4.69) is 4.99 Å². The standard InChI is InChI=1S/C20H16ClNO4S/c1-11-6-7-12(15(23)8-11)9-16-18(24)17(20(25)26-2)19(27-16)22-14-5-3-4-13(21)10-14/h3-10,23-24H,1-2H3. The number of phenols is 1. The summed E-state index contributed by atoms with van der Waals surface area (Å²) >= 11 is 7.09. The lowest BCUT2D eigenvalue weighted by molar-refractivity contribution is -0.135. The Morgan fingerprint density at radius 1 is 1.22 bits per heavy atom. The molecule has 0 aliphatic carbocycles. The van der Waals surface area contributed by atoms with E-state index in [0.29, 0.717) is 26.2 Å². The van der Waals surface area contributed by atoms with E-state index in [4.69, 9.17) is 16.3 Å². The van der Waals surface area contributed by atoms with Crippen LogP contribution in [0.5, 0.6) is 5.75 Å². The van der Waals surface area contributed by atoms with Crippen molar-refractivity contribution in [1.82, 2.24) is 0 Å². The number of ether oxygens (including phenoxy) is 1. The number of carbonyl (C=O) groups is 1. The Morgan fingerprint density at radius 2 is 2.00 bits per heavy atom. The topological polar surface area (TPSA) is 79.1 Å². The van der Waals surface area contributed by atoms with Gasteiger partial charge < -0.3 is 14.9 Å². The van der Waals surface area contributed by atoms with Crippen molar-refractivity contribution in [2.24, 2.45) is 4.99 Å². The molecule has 1 heterocycles. The number of halogens is 1. The number of phenolic OH excluding ortho intramolecular Hbond substituents is 1. The average molecular weight is 402 g/mol. The van der Waals surface area contributed by atoms with Crippen LogP contribution in [0, 0.1) is 6.92 Å². The second-order valence-corrected chi connectivity index (χ2v) is 7.25. The highest BCUT2D eigenvalue weighted by Gasteiger charge is 2.33. The van der Waals surface area contributed by atoms with Gasteiger partial charge in [-0.1, -0.05) is 41.6 Å². The van der Waals surface area contributed by atoms with Crippen molar-refractivity contribution in [2.75, 3.05) is 7.11 Å². The number of carbonyl (C=O) groups excluding carboxylic acids is 1. The fraction of sp³-hybridized carbons (Fsp3) is 0.100. The van der Waals surface area contributed by atoms with Gasteiger partial charge in [-0.05, 0) is 42.8 Å². The zero-order valence-electron chi connectivity index (χ0n) is 14.6. The summed E-state index contributed by atoms with van der Waals surface area (Å²) in [5.74, 6) is -0.861. The Balaban J connectivity index is 2.07. The molecule has 5 nitrogen and oxygen atoms in total. The second kappa shape index (κ2) is 7.90. The highest BCUT2D eigenvalue weighted by atomic mass is 35.5. The smallest absolute Gasteiger partial charge is 0.344 e. The first kappa shape index (κ1) is 19.1. The van der Waals surface area contributed by atoms with Crippen molar-refractivity contribution in [1.29, 1.82) is 0 Å². The Morgan fingerprint density at radius 3 is 2.67 bits per heavy atom. The Hall–Kier alpha value is -2.70. The largest absolute Gasteiger partial charge is 0.507 e. The van der Waals surface area contributed by atoms with Crippen molar-refractivity contribution < 1.29 is 19.7 Å². The first-order chi connectivity index (χ1) is 12.9. The molecule has 0 aromatic heterocycles. The number of benzene rings is 2. The van der Waals surface area contributed by atoms with Gasteiger partial charge in [-0.2, -0.15) is 0 Å². The molecule has 27 heavy (non-hydrogen) atoms. The van der Waals surface area contributed by atoms with Gasteiger partial charge in [0.1, 0.15) is 22.1 Å². The molecule has 1 aliphatic heterocycles. The van der Waals surface area contributed by atoms with Crippen LogP contribution in [0.4, 0.5) is 5.69 Å². The fourth-order valence-corrected chi connectivity index (χ4v) is 3.68. The molecule has 0 spiro atoms. The van der Waals surface area contributed by atoms with Crippen LogP contribution >= 0.6 is 23.4 Å². The van der Waals surface area contributed by atoms with Crippen molar-refractivity contribution >= 4 is 46.1 Å². The maximum atomic E-state index is 12.2. The van der Waals surface area contributed by atoms with Gasteiger partial charge in [-0.15, -0.1) is 0 Å². The summed E-state index contributed by atoms with van der Waals surface area (Å²) in [5, 5.41) is 21.5. The number of thioether (sulfide) groups is 1. The Labute approximate surface area is 165 Å². The number of esters is 1. The molecule has 1 aliphatic rings. The molecule has 0 saturated carbocycles. The molecule has 3 rings (SSSR count). The number of hydrogen-bond donors (Lipinski definition) is 2. The van der Waals surface area contributed by atoms with Gasteiger partial charge in [0.05, 0.1) is 17.7 Å². The minimum atomic E-state index is -0.697. The number of hydrogen-bond acceptors (Lipinski definition) is 6. The number of aliphatic hydroxyl groups excluding tert-OH is 1. The van der Waals surface area contributed by atoms with Crippen molar-refractivity contribution in [3.05, 3.63) is 74.9 Å². The highest BCUT2D eigenvalue weighted by molar-refractivity contribution is 8.18. The van der Waals surface area contributed by atoms with Crippen LogP contribution in [-0.4, -0.2) is 28.3 Å². The van der Waals surface area contributed by atoms with Gasteiger partial charge in [-0.25, -0.2) is 9.79 Å². The molecule has 0 amide bonds. The molecule has 0 radical (unpaired) electrons. The van der Waals surface area contributed by atoms with Crippen LogP contribution < -0.4 is 0 Å². The summed E-state index contributed by atoms with van der Waals surface area (Å²) in [4.78, 5) is 17.0. The minimum Gasteiger partial charge on any atom is -0.507 e. The number of aryl methyl sites for hydroxylation is 1. The lowest BCUT2D eigenvalue weighted by atomic mass is 10.1. The van der Waals surface area contributed by atoms with E-state index in [9.17, 15) is 15.0 Å². The third-order valence-electron chi connectivity index (χ3n) is 3.79. The third kappa shape index (κ3) is 4.18. The molecule has 2 aromatic carbocycles. The molecule has 2 aromatic rings. The molecule has 0 saturated heterocycles. The summed E-state index contributed by atoms with van der Waals surface area (Å²) in [6.07, 6.45) is 1.60. The van der Waals surface area contributed by atoms with Gasteiger partial charge in [0, 0.05) is 10.6 Å². The molecular weight excluding hydrogens is 386 g/mol. The highest BCUT2D eigenvalue weighted by Crippen LogP contribution is 2.41. The minimum absolute atomic E-state index is 0.0275. The fourth-order valence-electron chi connectivity index (χ4n) is 2.47. The van der Waals surface area contributed by atoms with Crippen LogP contribution in [0.1, 0.15) is 11.1 Å². The zero-order valence-corrected chi connectivity index (χ0v) is 16.1. The van der Waals surface area contributed by atoms with E-state index in [-0.39, 0.29) is 17.1 Å². The molecule has 138 valence electrons. The SMILES string of the molecule is COC(=O)C1=C(O)C(=Cc2ccc(C)cc2O)SC1=Nc1cccc(Cl)c1. The first-order valence-electron chi connectivity index (χ1n) is 7.94. The summed E-state index contributed by atoms with van der Waals surface area (Å²) in [5.41, 5.74) is 1.94. The molecule has 2 N–H and O–H groups in total. The van der Waals surface area contributed by atoms with Gasteiger partial charge in [-0.3, -0.25) is 0 Å². The van der Waals surface area contributed by atoms with Crippen LogP contribution in [-0.2, 0) is 9.53 Å². The predicted octanol–water partition coefficient (Wildman–Crippen LogP) is 5.16. The van der Waals surface area contributed by atoms with Crippen LogP contribution in [0.25, 0.3) is 6.08 Å². The van der Waals surface area contributed by atoms with E-state index in [1.165, 1.54) is 7.11 Å². The third-order valence-corrected chi connectivity index (χ3v) is 5.05. The lowest BCUT2D eigenvalue weighted by Crippen LogP contribution is -2.10. The second-order valence-electron chi connectivity index (χ2n) is 5.78. The molecular formula is C20H16ClNO4S. The van der Waals surface area contributed by atoms with Gasteiger partial charge in [0.25, 0.3) is 0 Å². The predicted molar refractivity (Wildman–Crippen MR) is 109 cm³/mol. The maximum Gasteiger partial charge on any atom is 0.344 e. The molecule has 0 atom stereocenters. The van der Waals surface area contributed by atoms with Gasteiger partial charge >= 0.3 is 5.97 Å². The Bertz CT molecular complexity index is 1010. The summed E-state index contributed by atoms with van der Waals surface area (Å²) in [6, 6.07) is 12.0. The summed E-state index contributed by atoms with van der Waals surface area (Å²) < 4.78 is 4.78. The lowest BCUT2D eigenvalue weighted by Gasteiger charge is -2.02. The van der Waals surface area contributed by atoms with Crippen molar-refractivity contribution in [3.63, 3.8) is 0 Å². The van der Waals surface area contributed by atoms with E-state index in [1.54, 1.807) is 42.5 Å². The quantitative estimate of drug-likeness (QED) is 0.694. The number of aliphatic imine (C=N–C) groups is 1. The van der Waals surface area contributed by atoms with Crippen molar-refractivity contribution in [3.8, 4) is 5.75 Å². The number of aliphatic hydroxyl groups is 1. The number of rotatable bonds is 3. The average Bonchev–Trinajstić information content (AvgIpc) is 2.92. The normalized spacial score (nSPS) is 17.0. The van der Waals surface area contributed by atoms with Crippen LogP contribution in [0.2, 0.25) is 5.02 Å².